The quantitative estimate of drug-likeness (QED) is 0.899. The van der Waals surface area contributed by atoms with Crippen molar-refractivity contribution in [1.82, 2.24) is 14.8 Å². The van der Waals surface area contributed by atoms with Crippen LogP contribution in [0.5, 0.6) is 0 Å². The van der Waals surface area contributed by atoms with Crippen molar-refractivity contribution in [3.63, 3.8) is 0 Å². The van der Waals surface area contributed by atoms with E-state index in [1.54, 1.807) is 11.7 Å². The highest BCUT2D eigenvalue weighted by Crippen LogP contribution is 2.43. The molecule has 1 saturated heterocycles. The van der Waals surface area contributed by atoms with Crippen LogP contribution in [0.2, 0.25) is 0 Å². The van der Waals surface area contributed by atoms with Gasteiger partial charge in [0, 0.05) is 31.4 Å². The second-order valence-electron chi connectivity index (χ2n) is 6.00. The molecule has 0 saturated carbocycles. The van der Waals surface area contributed by atoms with Gasteiger partial charge < -0.3 is 14.7 Å². The fourth-order valence-corrected chi connectivity index (χ4v) is 4.53. The van der Waals surface area contributed by atoms with E-state index in [2.05, 4.69) is 26.4 Å². The lowest BCUT2D eigenvalue weighted by Crippen LogP contribution is -2.47. The Morgan fingerprint density at radius 1 is 1.43 bits per heavy atom. The standard InChI is InChI=1S/C15H18N4O3S/c1-18-14(16-12(17-18)13(20)21)19-6-4-15(5-7-19)10-3-9-23-11(10)2-8-22-15/h3,9H,2,4-8H2,1H3,(H,20,21). The molecule has 0 aromatic carbocycles. The van der Waals surface area contributed by atoms with Gasteiger partial charge in [-0.1, -0.05) is 0 Å². The third-order valence-electron chi connectivity index (χ3n) is 4.73. The molecule has 2 aromatic heterocycles. The van der Waals surface area contributed by atoms with Gasteiger partial charge in [-0.05, 0) is 29.9 Å². The summed E-state index contributed by atoms with van der Waals surface area (Å²) >= 11 is 1.81. The van der Waals surface area contributed by atoms with E-state index in [4.69, 9.17) is 9.84 Å². The normalized spacial score (nSPS) is 19.8. The van der Waals surface area contributed by atoms with Crippen LogP contribution in [0.1, 0.15) is 33.9 Å². The van der Waals surface area contributed by atoms with Crippen LogP contribution in [0.3, 0.4) is 0 Å². The van der Waals surface area contributed by atoms with Crippen LogP contribution in [0, 0.1) is 0 Å². The van der Waals surface area contributed by atoms with Crippen molar-refractivity contribution >= 4 is 23.3 Å². The first kappa shape index (κ1) is 14.6. The van der Waals surface area contributed by atoms with E-state index >= 15 is 0 Å². The molecular weight excluding hydrogens is 316 g/mol. The molecule has 1 spiro atoms. The summed E-state index contributed by atoms with van der Waals surface area (Å²) in [5.41, 5.74) is 1.16. The first-order chi connectivity index (χ1) is 11.1. The zero-order valence-electron chi connectivity index (χ0n) is 12.9. The van der Waals surface area contributed by atoms with E-state index in [1.807, 2.05) is 11.3 Å². The Bertz CT molecular complexity index is 746. The van der Waals surface area contributed by atoms with Crippen LogP contribution in [-0.4, -0.2) is 45.5 Å². The van der Waals surface area contributed by atoms with E-state index in [1.165, 1.54) is 10.4 Å². The van der Waals surface area contributed by atoms with Crippen LogP contribution in [0.4, 0.5) is 5.95 Å². The summed E-state index contributed by atoms with van der Waals surface area (Å²) in [6.45, 7) is 2.34. The highest BCUT2D eigenvalue weighted by molar-refractivity contribution is 7.10. The summed E-state index contributed by atoms with van der Waals surface area (Å²) in [6, 6.07) is 2.19. The predicted octanol–water partition coefficient (Wildman–Crippen LogP) is 1.64. The molecule has 1 fully saturated rings. The number of piperidine rings is 1. The van der Waals surface area contributed by atoms with Crippen LogP contribution in [0.15, 0.2) is 11.4 Å². The molecule has 23 heavy (non-hydrogen) atoms. The average Bonchev–Trinajstić information content (AvgIpc) is 3.16. The lowest BCUT2D eigenvalue weighted by Gasteiger charge is -2.44. The zero-order chi connectivity index (χ0) is 16.0. The minimum absolute atomic E-state index is 0.156. The topological polar surface area (TPSA) is 80.5 Å². The zero-order valence-corrected chi connectivity index (χ0v) is 13.7. The highest BCUT2D eigenvalue weighted by Gasteiger charge is 2.42. The summed E-state index contributed by atoms with van der Waals surface area (Å²) in [5, 5.41) is 15.1. The summed E-state index contributed by atoms with van der Waals surface area (Å²) in [7, 11) is 1.73. The minimum Gasteiger partial charge on any atom is -0.475 e. The number of rotatable bonds is 2. The number of carboxylic acid groups (broad SMARTS) is 1. The van der Waals surface area contributed by atoms with Crippen molar-refractivity contribution in [2.75, 3.05) is 24.6 Å². The number of aromatic nitrogens is 3. The molecule has 0 amide bonds. The smallest absolute Gasteiger partial charge is 0.375 e. The Morgan fingerprint density at radius 2 is 2.22 bits per heavy atom. The van der Waals surface area contributed by atoms with Gasteiger partial charge in [0.2, 0.25) is 5.95 Å². The van der Waals surface area contributed by atoms with Gasteiger partial charge in [0.15, 0.2) is 0 Å². The summed E-state index contributed by atoms with van der Waals surface area (Å²) < 4.78 is 7.73. The number of carbonyl (C=O) groups is 1. The number of aromatic carboxylic acids is 1. The number of carboxylic acids is 1. The fraction of sp³-hybridized carbons (Fsp3) is 0.533. The molecule has 0 atom stereocenters. The Kier molecular flexibility index (Phi) is 3.38. The number of hydrogen-bond acceptors (Lipinski definition) is 6. The number of anilines is 1. The molecule has 0 radical (unpaired) electrons. The molecule has 1 N–H and O–H groups in total. The van der Waals surface area contributed by atoms with Gasteiger partial charge >= 0.3 is 5.97 Å². The predicted molar refractivity (Wildman–Crippen MR) is 85.1 cm³/mol. The van der Waals surface area contributed by atoms with Crippen molar-refractivity contribution < 1.29 is 14.6 Å². The van der Waals surface area contributed by atoms with Gasteiger partial charge in [-0.3, -0.25) is 0 Å². The Labute approximate surface area is 137 Å². The molecule has 0 unspecified atom stereocenters. The maximum absolute atomic E-state index is 11.0. The summed E-state index contributed by atoms with van der Waals surface area (Å²) in [4.78, 5) is 18.7. The van der Waals surface area contributed by atoms with Crippen molar-refractivity contribution in [2.45, 2.75) is 24.9 Å². The largest absolute Gasteiger partial charge is 0.475 e. The maximum Gasteiger partial charge on any atom is 0.375 e. The molecule has 122 valence electrons. The van der Waals surface area contributed by atoms with E-state index in [0.29, 0.717) is 5.95 Å². The maximum atomic E-state index is 11.0. The van der Waals surface area contributed by atoms with Gasteiger partial charge in [0.05, 0.1) is 12.2 Å². The van der Waals surface area contributed by atoms with E-state index in [-0.39, 0.29) is 11.4 Å². The Balaban J connectivity index is 1.55. The molecule has 2 aliphatic heterocycles. The van der Waals surface area contributed by atoms with Crippen LogP contribution in [-0.2, 0) is 23.8 Å². The van der Waals surface area contributed by atoms with Crippen molar-refractivity contribution in [3.05, 3.63) is 27.7 Å². The summed E-state index contributed by atoms with van der Waals surface area (Å²) in [6.07, 6.45) is 2.77. The SMILES string of the molecule is Cn1nc(C(=O)O)nc1N1CCC2(CC1)OCCc1sccc12. The lowest BCUT2D eigenvalue weighted by molar-refractivity contribution is -0.0758. The number of thiophene rings is 1. The first-order valence-corrected chi connectivity index (χ1v) is 8.57. The van der Waals surface area contributed by atoms with E-state index in [9.17, 15) is 4.79 Å². The molecule has 4 heterocycles. The van der Waals surface area contributed by atoms with Gasteiger partial charge in [-0.15, -0.1) is 16.4 Å². The van der Waals surface area contributed by atoms with Crippen LogP contribution in [0.25, 0.3) is 0 Å². The lowest BCUT2D eigenvalue weighted by atomic mass is 9.82. The average molecular weight is 334 g/mol. The molecule has 4 rings (SSSR count). The van der Waals surface area contributed by atoms with Gasteiger partial charge in [0.1, 0.15) is 0 Å². The summed E-state index contributed by atoms with van der Waals surface area (Å²) in [5.74, 6) is -0.644. The van der Waals surface area contributed by atoms with Crippen molar-refractivity contribution in [1.29, 1.82) is 0 Å². The molecule has 0 bridgehead atoms. The molecule has 2 aliphatic rings. The van der Waals surface area contributed by atoms with Crippen molar-refractivity contribution in [3.8, 4) is 0 Å². The number of hydrogen-bond donors (Lipinski definition) is 1. The third-order valence-corrected chi connectivity index (χ3v) is 5.71. The first-order valence-electron chi connectivity index (χ1n) is 7.69. The van der Waals surface area contributed by atoms with Gasteiger partial charge in [-0.25, -0.2) is 9.48 Å². The molecule has 2 aromatic rings. The minimum atomic E-state index is -1.10. The second-order valence-corrected chi connectivity index (χ2v) is 7.00. The third kappa shape index (κ3) is 2.33. The molecule has 7 nitrogen and oxygen atoms in total. The number of aryl methyl sites for hydroxylation is 1. The van der Waals surface area contributed by atoms with Gasteiger partial charge in [0.25, 0.3) is 5.82 Å². The van der Waals surface area contributed by atoms with E-state index < -0.39 is 5.97 Å². The van der Waals surface area contributed by atoms with E-state index in [0.717, 1.165) is 39.0 Å². The van der Waals surface area contributed by atoms with Crippen molar-refractivity contribution in [2.24, 2.45) is 7.05 Å². The molecule has 8 heteroatoms. The van der Waals surface area contributed by atoms with Gasteiger partial charge in [-0.2, -0.15) is 4.98 Å². The second kappa shape index (κ2) is 5.31. The molecule has 0 aliphatic carbocycles. The fourth-order valence-electron chi connectivity index (χ4n) is 3.58. The molecular formula is C15H18N4O3S. The number of ether oxygens (including phenoxy) is 1. The van der Waals surface area contributed by atoms with Crippen LogP contribution < -0.4 is 4.90 Å². The monoisotopic (exact) mass is 334 g/mol. The number of nitrogens with zero attached hydrogens (tertiary/aromatic N) is 4. The highest BCUT2D eigenvalue weighted by atomic mass is 32.1. The Hall–Kier alpha value is -1.93. The Morgan fingerprint density at radius 3 is 2.91 bits per heavy atom. The van der Waals surface area contributed by atoms with Crippen LogP contribution >= 0.6 is 11.3 Å². The number of fused-ring (bicyclic) bond motifs is 2.